The molecule has 0 amide bonds. The molecule has 1 aliphatic carbocycles. The van der Waals surface area contributed by atoms with Crippen molar-refractivity contribution >= 4 is 28.6 Å². The van der Waals surface area contributed by atoms with Crippen LogP contribution >= 0.6 is 0 Å². The Morgan fingerprint density at radius 2 is 2.17 bits per heavy atom. The molecule has 2 aliphatic rings. The zero-order valence-electron chi connectivity index (χ0n) is 17.1. The van der Waals surface area contributed by atoms with Gasteiger partial charge in [0.1, 0.15) is 0 Å². The molecule has 30 heavy (non-hydrogen) atoms. The number of nitrogens with one attached hydrogen (secondary N) is 1. The monoisotopic (exact) mass is 406 g/mol. The Bertz CT molecular complexity index is 1090. The van der Waals surface area contributed by atoms with Crippen LogP contribution in [0.4, 0.5) is 11.6 Å². The zero-order chi connectivity index (χ0) is 20.7. The number of hydrogen-bond donors (Lipinski definition) is 2. The van der Waals surface area contributed by atoms with E-state index in [2.05, 4.69) is 50.5 Å². The first kappa shape index (κ1) is 19.0. The van der Waals surface area contributed by atoms with Crippen molar-refractivity contribution in [1.82, 2.24) is 24.6 Å². The number of hydrogen-bond acceptors (Lipinski definition) is 6. The minimum absolute atomic E-state index is 0.0922. The van der Waals surface area contributed by atoms with E-state index in [0.717, 1.165) is 55.5 Å². The maximum atomic E-state index is 11.5. The molecule has 156 valence electrons. The van der Waals surface area contributed by atoms with Gasteiger partial charge in [-0.3, -0.25) is 4.79 Å². The highest BCUT2D eigenvalue weighted by Crippen LogP contribution is 2.33. The van der Waals surface area contributed by atoms with Gasteiger partial charge in [-0.1, -0.05) is 12.5 Å². The Labute approximate surface area is 174 Å². The first-order chi connectivity index (χ1) is 14.6. The van der Waals surface area contributed by atoms with Crippen LogP contribution in [0.25, 0.3) is 11.0 Å². The van der Waals surface area contributed by atoms with E-state index >= 15 is 0 Å². The lowest BCUT2D eigenvalue weighted by Gasteiger charge is -2.25. The lowest BCUT2D eigenvalue weighted by atomic mass is 9.96. The number of aromatic nitrogens is 4. The van der Waals surface area contributed by atoms with Crippen molar-refractivity contribution in [1.29, 1.82) is 0 Å². The molecule has 1 fully saturated rings. The first-order valence-electron chi connectivity index (χ1n) is 10.6. The van der Waals surface area contributed by atoms with Crippen molar-refractivity contribution in [2.45, 2.75) is 38.8 Å². The Hall–Kier alpha value is -3.00. The fraction of sp³-hybridized carbons (Fsp3) is 0.455. The second-order valence-electron chi connectivity index (χ2n) is 8.53. The van der Waals surface area contributed by atoms with Crippen LogP contribution in [0.2, 0.25) is 0 Å². The summed E-state index contributed by atoms with van der Waals surface area (Å²) in [6.07, 6.45) is 7.21. The molecular formula is C22H26N6O2. The van der Waals surface area contributed by atoms with Crippen molar-refractivity contribution in [3.63, 3.8) is 0 Å². The molecule has 2 aromatic heterocycles. The maximum absolute atomic E-state index is 11.5. The van der Waals surface area contributed by atoms with Gasteiger partial charge in [0.2, 0.25) is 5.95 Å². The highest BCUT2D eigenvalue weighted by molar-refractivity contribution is 5.75. The topological polar surface area (TPSA) is 96.2 Å². The molecule has 8 nitrogen and oxygen atoms in total. The lowest BCUT2D eigenvalue weighted by Crippen LogP contribution is -2.26. The van der Waals surface area contributed by atoms with Crippen LogP contribution in [0.5, 0.6) is 0 Å². The third-order valence-electron chi connectivity index (χ3n) is 6.43. The predicted octanol–water partition coefficient (Wildman–Crippen LogP) is 3.06. The van der Waals surface area contributed by atoms with E-state index in [9.17, 15) is 9.90 Å². The Morgan fingerprint density at radius 1 is 1.27 bits per heavy atom. The van der Waals surface area contributed by atoms with E-state index in [1.807, 2.05) is 4.68 Å². The quantitative estimate of drug-likeness (QED) is 0.672. The van der Waals surface area contributed by atoms with E-state index in [-0.39, 0.29) is 11.8 Å². The summed E-state index contributed by atoms with van der Waals surface area (Å²) in [5.41, 5.74) is 4.44. The second kappa shape index (κ2) is 7.68. The van der Waals surface area contributed by atoms with Crippen molar-refractivity contribution in [3.05, 3.63) is 41.7 Å². The molecule has 2 N–H and O–H groups in total. The molecule has 8 heteroatoms. The standard InChI is InChI=1S/C22H26N6O2/c1-27-8-7-14-5-6-18(9-16(14)12-27)25-22-23-10-17-11-24-28(20(17)26-22)13-15-3-2-4-19(15)21(29)30/h5-6,9-11,15,19H,2-4,7-8,12-13H2,1H3,(H,29,30)(H,23,25,26). The van der Waals surface area contributed by atoms with E-state index in [0.29, 0.717) is 12.5 Å². The van der Waals surface area contributed by atoms with Crippen molar-refractivity contribution in [2.24, 2.45) is 11.8 Å². The third-order valence-corrected chi connectivity index (χ3v) is 6.43. The first-order valence-corrected chi connectivity index (χ1v) is 10.6. The zero-order valence-corrected chi connectivity index (χ0v) is 17.1. The van der Waals surface area contributed by atoms with Gasteiger partial charge in [0.25, 0.3) is 0 Å². The molecule has 0 spiro atoms. The number of aliphatic carboxylic acids is 1. The van der Waals surface area contributed by atoms with Crippen LogP contribution in [0.3, 0.4) is 0 Å². The maximum Gasteiger partial charge on any atom is 0.306 e. The lowest BCUT2D eigenvalue weighted by molar-refractivity contribution is -0.143. The van der Waals surface area contributed by atoms with Crippen LogP contribution in [0, 0.1) is 11.8 Å². The summed E-state index contributed by atoms with van der Waals surface area (Å²) in [7, 11) is 2.14. The van der Waals surface area contributed by atoms with Gasteiger partial charge in [0.05, 0.1) is 17.5 Å². The van der Waals surface area contributed by atoms with Gasteiger partial charge in [0, 0.05) is 31.5 Å². The summed E-state index contributed by atoms with van der Waals surface area (Å²) in [5.74, 6) is -0.384. The van der Waals surface area contributed by atoms with E-state index < -0.39 is 5.97 Å². The highest BCUT2D eigenvalue weighted by atomic mass is 16.4. The van der Waals surface area contributed by atoms with E-state index in [1.54, 1.807) is 12.4 Å². The Morgan fingerprint density at radius 3 is 3.03 bits per heavy atom. The number of nitrogens with zero attached hydrogens (tertiary/aromatic N) is 5. The van der Waals surface area contributed by atoms with Gasteiger partial charge in [-0.25, -0.2) is 9.67 Å². The molecule has 0 radical (unpaired) electrons. The molecular weight excluding hydrogens is 380 g/mol. The summed E-state index contributed by atoms with van der Waals surface area (Å²) in [5, 5.41) is 18.1. The molecule has 1 saturated carbocycles. The van der Waals surface area contributed by atoms with Crippen molar-refractivity contribution < 1.29 is 9.90 Å². The average Bonchev–Trinajstić information content (AvgIpc) is 3.35. The number of carboxylic acids is 1. The number of carboxylic acid groups (broad SMARTS) is 1. The molecule has 2 unspecified atom stereocenters. The molecule has 1 aromatic carbocycles. The van der Waals surface area contributed by atoms with Gasteiger partial charge < -0.3 is 15.3 Å². The highest BCUT2D eigenvalue weighted by Gasteiger charge is 2.33. The van der Waals surface area contributed by atoms with Crippen molar-refractivity contribution in [3.8, 4) is 0 Å². The van der Waals surface area contributed by atoms with Gasteiger partial charge in [-0.2, -0.15) is 10.1 Å². The van der Waals surface area contributed by atoms with Crippen LogP contribution in [0.1, 0.15) is 30.4 Å². The molecule has 5 rings (SSSR count). The number of likely N-dealkylation sites (N-methyl/N-ethyl adjacent to an activating group) is 1. The van der Waals surface area contributed by atoms with Crippen LogP contribution in [0.15, 0.2) is 30.6 Å². The van der Waals surface area contributed by atoms with Crippen LogP contribution in [-0.2, 0) is 24.3 Å². The Kier molecular flexibility index (Phi) is 4.86. The summed E-state index contributed by atoms with van der Waals surface area (Å²) in [4.78, 5) is 23.0. The van der Waals surface area contributed by atoms with Gasteiger partial charge in [0.15, 0.2) is 5.65 Å². The number of anilines is 2. The van der Waals surface area contributed by atoms with Gasteiger partial charge in [-0.15, -0.1) is 0 Å². The predicted molar refractivity (Wildman–Crippen MR) is 114 cm³/mol. The third kappa shape index (κ3) is 3.63. The fourth-order valence-corrected chi connectivity index (χ4v) is 4.77. The summed E-state index contributed by atoms with van der Waals surface area (Å²) < 4.78 is 1.83. The minimum atomic E-state index is -0.705. The number of benzene rings is 1. The summed E-state index contributed by atoms with van der Waals surface area (Å²) in [6.45, 7) is 2.61. The Balaban J connectivity index is 1.38. The minimum Gasteiger partial charge on any atom is -0.481 e. The number of carbonyl (C=O) groups is 1. The largest absolute Gasteiger partial charge is 0.481 e. The van der Waals surface area contributed by atoms with Crippen LogP contribution in [-0.4, -0.2) is 49.3 Å². The molecule has 0 bridgehead atoms. The SMILES string of the molecule is CN1CCc2ccc(Nc3ncc4cnn(CC5CCCC5C(=O)O)c4n3)cc2C1. The number of fused-ring (bicyclic) bond motifs is 2. The summed E-state index contributed by atoms with van der Waals surface area (Å²) in [6, 6.07) is 6.43. The van der Waals surface area contributed by atoms with Gasteiger partial charge >= 0.3 is 5.97 Å². The van der Waals surface area contributed by atoms with Gasteiger partial charge in [-0.05, 0) is 55.5 Å². The molecule has 3 aromatic rings. The van der Waals surface area contributed by atoms with E-state index in [1.165, 1.54) is 11.1 Å². The second-order valence-corrected chi connectivity index (χ2v) is 8.53. The smallest absolute Gasteiger partial charge is 0.306 e. The van der Waals surface area contributed by atoms with Crippen LogP contribution < -0.4 is 5.32 Å². The molecule has 0 saturated heterocycles. The fourth-order valence-electron chi connectivity index (χ4n) is 4.77. The normalized spacial score (nSPS) is 21.6. The molecule has 3 heterocycles. The average molecular weight is 406 g/mol. The molecule has 1 aliphatic heterocycles. The number of rotatable bonds is 5. The van der Waals surface area contributed by atoms with E-state index in [4.69, 9.17) is 0 Å². The van der Waals surface area contributed by atoms with Crippen molar-refractivity contribution in [2.75, 3.05) is 18.9 Å². The summed E-state index contributed by atoms with van der Waals surface area (Å²) >= 11 is 0. The molecule has 2 atom stereocenters.